The van der Waals surface area contributed by atoms with Gasteiger partial charge in [0.2, 0.25) is 0 Å². The van der Waals surface area contributed by atoms with Gasteiger partial charge in [0.1, 0.15) is 0 Å². The van der Waals surface area contributed by atoms with Crippen LogP contribution < -0.4 is 0 Å². The number of fused-ring (bicyclic) bond motifs is 1. The fourth-order valence-corrected chi connectivity index (χ4v) is 0.747. The third kappa shape index (κ3) is 0.440. The van der Waals surface area contributed by atoms with E-state index in [4.69, 9.17) is 0 Å². The second-order valence-corrected chi connectivity index (χ2v) is 1.71. The van der Waals surface area contributed by atoms with Gasteiger partial charge in [-0.2, -0.15) is 14.8 Å². The van der Waals surface area contributed by atoms with Gasteiger partial charge in [0.05, 0.1) is 18.1 Å². The molecular formula is C5H3N3O. The summed E-state index contributed by atoms with van der Waals surface area (Å²) < 4.78 is 1.25. The zero-order valence-corrected chi connectivity index (χ0v) is 4.48. The summed E-state index contributed by atoms with van der Waals surface area (Å²) in [6.07, 6.45) is 3.06. The van der Waals surface area contributed by atoms with Crippen LogP contribution in [0.1, 0.15) is 5.69 Å². The zero-order chi connectivity index (χ0) is 6.27. The smallest absolute Gasteiger partial charge is 0.244 e. The lowest BCUT2D eigenvalue weighted by atomic mass is 10.5. The summed E-state index contributed by atoms with van der Waals surface area (Å²) in [7, 11) is 0. The van der Waals surface area contributed by atoms with Crippen LogP contribution in [0, 0.1) is 0 Å². The van der Waals surface area contributed by atoms with Crippen LogP contribution >= 0.6 is 0 Å². The molecule has 0 spiro atoms. The van der Waals surface area contributed by atoms with Crippen LogP contribution in [0.15, 0.2) is 17.3 Å². The van der Waals surface area contributed by atoms with Crippen molar-refractivity contribution in [3.05, 3.63) is 18.0 Å². The summed E-state index contributed by atoms with van der Waals surface area (Å²) >= 11 is 0. The maximum Gasteiger partial charge on any atom is 0.368 e. The quantitative estimate of drug-likeness (QED) is 0.495. The van der Waals surface area contributed by atoms with E-state index in [1.54, 1.807) is 12.3 Å². The maximum absolute atomic E-state index is 10.6. The van der Waals surface area contributed by atoms with E-state index in [1.807, 2.05) is 0 Å². The number of aliphatic imine (C=N–C) groups is 1. The SMILES string of the molecule is O=C1N=Cc2ccnn21. The van der Waals surface area contributed by atoms with Crippen LogP contribution in [-0.2, 0) is 0 Å². The van der Waals surface area contributed by atoms with Crippen LogP contribution in [0.3, 0.4) is 0 Å². The first-order valence-electron chi connectivity index (χ1n) is 2.50. The Morgan fingerprint density at radius 1 is 1.56 bits per heavy atom. The molecule has 1 aliphatic rings. The zero-order valence-electron chi connectivity index (χ0n) is 4.48. The molecule has 1 aromatic heterocycles. The monoisotopic (exact) mass is 121 g/mol. The van der Waals surface area contributed by atoms with Crippen molar-refractivity contribution in [2.75, 3.05) is 0 Å². The molecule has 4 nitrogen and oxygen atoms in total. The standard InChI is InChI=1S/C5H3N3O/c9-5-6-3-4-1-2-7-8(4)5/h1-3H. The Bertz CT molecular complexity index is 286. The first-order chi connectivity index (χ1) is 4.38. The molecule has 0 atom stereocenters. The minimum Gasteiger partial charge on any atom is -0.244 e. The fraction of sp³-hybridized carbons (Fsp3) is 0. The highest BCUT2D eigenvalue weighted by molar-refractivity contribution is 5.99. The van der Waals surface area contributed by atoms with Crippen LogP contribution in [-0.4, -0.2) is 22.0 Å². The van der Waals surface area contributed by atoms with E-state index in [1.165, 1.54) is 10.9 Å². The molecule has 9 heavy (non-hydrogen) atoms. The Hall–Kier alpha value is -1.45. The number of amides is 1. The van der Waals surface area contributed by atoms with Gasteiger partial charge in [-0.25, -0.2) is 4.79 Å². The number of carbonyl (C=O) groups is 1. The predicted octanol–water partition coefficient (Wildman–Crippen LogP) is 0.284. The molecule has 4 heteroatoms. The Morgan fingerprint density at radius 3 is 3.22 bits per heavy atom. The minimum atomic E-state index is -0.310. The van der Waals surface area contributed by atoms with E-state index in [0.717, 1.165) is 5.69 Å². The van der Waals surface area contributed by atoms with E-state index in [0.29, 0.717) is 0 Å². The lowest BCUT2D eigenvalue weighted by Gasteiger charge is -1.84. The van der Waals surface area contributed by atoms with Gasteiger partial charge in [0.25, 0.3) is 0 Å². The van der Waals surface area contributed by atoms with E-state index < -0.39 is 0 Å². The molecule has 0 radical (unpaired) electrons. The lowest BCUT2D eigenvalue weighted by Crippen LogP contribution is -2.03. The average molecular weight is 121 g/mol. The van der Waals surface area contributed by atoms with E-state index in [-0.39, 0.29) is 6.03 Å². The first-order valence-corrected chi connectivity index (χ1v) is 2.50. The summed E-state index contributed by atoms with van der Waals surface area (Å²) in [4.78, 5) is 14.1. The summed E-state index contributed by atoms with van der Waals surface area (Å²) in [5.74, 6) is 0. The molecule has 0 saturated heterocycles. The highest BCUT2D eigenvalue weighted by Crippen LogP contribution is 2.02. The highest BCUT2D eigenvalue weighted by Gasteiger charge is 2.12. The van der Waals surface area contributed by atoms with Crippen molar-refractivity contribution in [1.82, 2.24) is 9.78 Å². The molecule has 0 aliphatic carbocycles. The number of rotatable bonds is 0. The number of carbonyl (C=O) groups excluding carboxylic acids is 1. The third-order valence-electron chi connectivity index (χ3n) is 1.16. The highest BCUT2D eigenvalue weighted by atomic mass is 16.2. The van der Waals surface area contributed by atoms with Gasteiger partial charge < -0.3 is 0 Å². The molecule has 44 valence electrons. The van der Waals surface area contributed by atoms with Crippen molar-refractivity contribution in [1.29, 1.82) is 0 Å². The normalized spacial score (nSPS) is 14.4. The molecule has 0 bridgehead atoms. The first kappa shape index (κ1) is 4.43. The molecular weight excluding hydrogens is 118 g/mol. The Balaban J connectivity index is 2.73. The summed E-state index contributed by atoms with van der Waals surface area (Å²) in [6.45, 7) is 0. The number of aromatic nitrogens is 2. The van der Waals surface area contributed by atoms with Crippen LogP contribution in [0.25, 0.3) is 0 Å². The molecule has 0 saturated carbocycles. The summed E-state index contributed by atoms with van der Waals surface area (Å²) in [5.41, 5.74) is 0.750. The van der Waals surface area contributed by atoms with Crippen LogP contribution in [0.2, 0.25) is 0 Å². The molecule has 2 rings (SSSR count). The van der Waals surface area contributed by atoms with E-state index >= 15 is 0 Å². The van der Waals surface area contributed by atoms with Gasteiger partial charge in [-0.15, -0.1) is 0 Å². The van der Waals surface area contributed by atoms with Gasteiger partial charge in [-0.3, -0.25) is 0 Å². The van der Waals surface area contributed by atoms with Crippen molar-refractivity contribution in [3.8, 4) is 0 Å². The number of nitrogens with zero attached hydrogens (tertiary/aromatic N) is 3. The van der Waals surface area contributed by atoms with Gasteiger partial charge in [0.15, 0.2) is 0 Å². The van der Waals surface area contributed by atoms with Crippen molar-refractivity contribution < 1.29 is 4.79 Å². The van der Waals surface area contributed by atoms with Gasteiger partial charge in [-0.05, 0) is 6.07 Å². The van der Waals surface area contributed by atoms with Crippen LogP contribution in [0.4, 0.5) is 4.79 Å². The predicted molar refractivity (Wildman–Crippen MR) is 30.6 cm³/mol. The molecule has 1 amide bonds. The maximum atomic E-state index is 10.6. The Labute approximate surface area is 50.8 Å². The van der Waals surface area contributed by atoms with Crippen molar-refractivity contribution >= 4 is 12.2 Å². The molecule has 0 N–H and O–H groups in total. The van der Waals surface area contributed by atoms with Crippen molar-refractivity contribution in [2.24, 2.45) is 4.99 Å². The molecule has 1 aromatic rings. The summed E-state index contributed by atoms with van der Waals surface area (Å²) in [5, 5.41) is 3.72. The van der Waals surface area contributed by atoms with Gasteiger partial charge >= 0.3 is 6.03 Å². The van der Waals surface area contributed by atoms with Gasteiger partial charge in [-0.1, -0.05) is 0 Å². The van der Waals surface area contributed by atoms with Crippen molar-refractivity contribution in [3.63, 3.8) is 0 Å². The molecule has 0 unspecified atom stereocenters. The second-order valence-electron chi connectivity index (χ2n) is 1.71. The molecule has 0 aromatic carbocycles. The van der Waals surface area contributed by atoms with E-state index in [2.05, 4.69) is 10.1 Å². The second kappa shape index (κ2) is 1.28. The van der Waals surface area contributed by atoms with Crippen LogP contribution in [0.5, 0.6) is 0 Å². The van der Waals surface area contributed by atoms with Crippen molar-refractivity contribution in [2.45, 2.75) is 0 Å². The minimum absolute atomic E-state index is 0.310. The molecule has 2 heterocycles. The lowest BCUT2D eigenvalue weighted by molar-refractivity contribution is 0.249. The topological polar surface area (TPSA) is 47.2 Å². The third-order valence-corrected chi connectivity index (χ3v) is 1.16. The molecule has 0 fully saturated rings. The number of hydrogen-bond donors (Lipinski definition) is 0. The Morgan fingerprint density at radius 2 is 2.44 bits per heavy atom. The largest absolute Gasteiger partial charge is 0.368 e. The number of hydrogen-bond acceptors (Lipinski definition) is 2. The average Bonchev–Trinajstić information content (AvgIpc) is 2.35. The molecule has 1 aliphatic heterocycles. The summed E-state index contributed by atoms with van der Waals surface area (Å²) in [6, 6.07) is 1.42. The fourth-order valence-electron chi connectivity index (χ4n) is 0.747. The van der Waals surface area contributed by atoms with E-state index in [9.17, 15) is 4.79 Å². The Kier molecular flexibility index (Phi) is 0.631. The van der Waals surface area contributed by atoms with Gasteiger partial charge in [0, 0.05) is 0 Å².